The molecule has 1 aliphatic rings. The summed E-state index contributed by atoms with van der Waals surface area (Å²) in [6.07, 6.45) is 8.07. The van der Waals surface area contributed by atoms with E-state index >= 15 is 0 Å². The van der Waals surface area contributed by atoms with Crippen LogP contribution in [-0.4, -0.2) is 16.8 Å². The maximum Gasteiger partial charge on any atom is 0.103 e. The molecule has 0 fully saturated rings. The zero-order chi connectivity index (χ0) is 14.1. The van der Waals surface area contributed by atoms with Crippen molar-refractivity contribution in [2.24, 2.45) is 0 Å². The van der Waals surface area contributed by atoms with E-state index in [9.17, 15) is 5.26 Å². The standard InChI is InChI=1S/C16H13N3S/c1-3-10(2)19-16-11(8-17)9-18-13-4-5-14-12(15(13)16)6-7-20-14/h1,4-5,9-10H,6-7H2,2H3,(H,18,19). The number of pyridine rings is 1. The Morgan fingerprint density at radius 1 is 1.50 bits per heavy atom. The number of rotatable bonds is 2. The number of anilines is 1. The van der Waals surface area contributed by atoms with Crippen LogP contribution in [0.3, 0.4) is 0 Å². The van der Waals surface area contributed by atoms with Gasteiger partial charge in [-0.15, -0.1) is 18.2 Å². The second kappa shape index (κ2) is 5.07. The fraction of sp³-hybridized carbons (Fsp3) is 0.250. The van der Waals surface area contributed by atoms with Crippen LogP contribution in [-0.2, 0) is 6.42 Å². The molecular formula is C16H13N3S. The average Bonchev–Trinajstić information content (AvgIpc) is 2.95. The van der Waals surface area contributed by atoms with Gasteiger partial charge < -0.3 is 5.32 Å². The second-order valence-corrected chi connectivity index (χ2v) is 5.86. The third-order valence-electron chi connectivity index (χ3n) is 3.44. The molecule has 0 saturated heterocycles. The van der Waals surface area contributed by atoms with Gasteiger partial charge in [0.15, 0.2) is 0 Å². The summed E-state index contributed by atoms with van der Waals surface area (Å²) >= 11 is 1.85. The van der Waals surface area contributed by atoms with Crippen molar-refractivity contribution in [1.29, 1.82) is 5.26 Å². The minimum Gasteiger partial charge on any atom is -0.370 e. The Hall–Kier alpha value is -2.17. The van der Waals surface area contributed by atoms with Crippen molar-refractivity contribution in [3.05, 3.63) is 29.5 Å². The fourth-order valence-corrected chi connectivity index (χ4v) is 3.54. The van der Waals surface area contributed by atoms with Gasteiger partial charge in [0.05, 0.1) is 22.8 Å². The highest BCUT2D eigenvalue weighted by Gasteiger charge is 2.20. The van der Waals surface area contributed by atoms with Crippen molar-refractivity contribution in [2.45, 2.75) is 24.3 Å². The molecule has 3 nitrogen and oxygen atoms in total. The number of nitrogens with one attached hydrogen (secondary N) is 1. The van der Waals surface area contributed by atoms with Crippen LogP contribution in [0.4, 0.5) is 5.69 Å². The molecule has 20 heavy (non-hydrogen) atoms. The lowest BCUT2D eigenvalue weighted by Crippen LogP contribution is -2.14. The summed E-state index contributed by atoms with van der Waals surface area (Å²) in [5.74, 6) is 3.73. The van der Waals surface area contributed by atoms with Gasteiger partial charge in [0.25, 0.3) is 0 Å². The first-order valence-electron chi connectivity index (χ1n) is 6.44. The molecule has 1 aromatic carbocycles. The van der Waals surface area contributed by atoms with Crippen LogP contribution in [0, 0.1) is 23.7 Å². The van der Waals surface area contributed by atoms with Crippen LogP contribution in [0.2, 0.25) is 0 Å². The second-order valence-electron chi connectivity index (χ2n) is 4.73. The molecule has 1 aromatic heterocycles. The average molecular weight is 279 g/mol. The summed E-state index contributed by atoms with van der Waals surface area (Å²) in [4.78, 5) is 5.68. The molecule has 2 aromatic rings. The number of benzene rings is 1. The van der Waals surface area contributed by atoms with Crippen molar-refractivity contribution < 1.29 is 0 Å². The zero-order valence-corrected chi connectivity index (χ0v) is 11.9. The molecule has 1 atom stereocenters. The number of aryl methyl sites for hydroxylation is 1. The van der Waals surface area contributed by atoms with Gasteiger partial charge in [0.2, 0.25) is 0 Å². The molecule has 1 N–H and O–H groups in total. The van der Waals surface area contributed by atoms with E-state index in [1.807, 2.05) is 24.8 Å². The molecule has 0 spiro atoms. The molecule has 0 saturated carbocycles. The normalized spacial score (nSPS) is 14.3. The lowest BCUT2D eigenvalue weighted by Gasteiger charge is -2.15. The zero-order valence-electron chi connectivity index (χ0n) is 11.1. The summed E-state index contributed by atoms with van der Waals surface area (Å²) in [5, 5.41) is 13.7. The molecule has 0 radical (unpaired) electrons. The van der Waals surface area contributed by atoms with Gasteiger partial charge in [0.1, 0.15) is 6.07 Å². The van der Waals surface area contributed by atoms with E-state index in [0.717, 1.165) is 28.8 Å². The van der Waals surface area contributed by atoms with Crippen LogP contribution < -0.4 is 5.32 Å². The predicted molar refractivity (Wildman–Crippen MR) is 82.8 cm³/mol. The van der Waals surface area contributed by atoms with Gasteiger partial charge >= 0.3 is 0 Å². The Kier molecular flexibility index (Phi) is 3.26. The van der Waals surface area contributed by atoms with Gasteiger partial charge in [-0.2, -0.15) is 5.26 Å². The van der Waals surface area contributed by atoms with Gasteiger partial charge in [-0.25, -0.2) is 0 Å². The first-order valence-corrected chi connectivity index (χ1v) is 7.43. The third kappa shape index (κ3) is 1.99. The molecule has 98 valence electrons. The SMILES string of the molecule is C#CC(C)Nc1c(C#N)cnc2ccc3c(c12)CCS3. The van der Waals surface area contributed by atoms with Crippen molar-refractivity contribution in [2.75, 3.05) is 11.1 Å². The Morgan fingerprint density at radius 2 is 2.35 bits per heavy atom. The summed E-state index contributed by atoms with van der Waals surface area (Å²) in [6.45, 7) is 1.91. The van der Waals surface area contributed by atoms with Crippen LogP contribution in [0.25, 0.3) is 10.9 Å². The molecule has 1 unspecified atom stereocenters. The monoisotopic (exact) mass is 279 g/mol. The Morgan fingerprint density at radius 3 is 3.10 bits per heavy atom. The van der Waals surface area contributed by atoms with Gasteiger partial charge in [-0.05, 0) is 31.0 Å². The number of hydrogen-bond donors (Lipinski definition) is 1. The molecule has 0 aliphatic carbocycles. The van der Waals surface area contributed by atoms with Crippen LogP contribution in [0.5, 0.6) is 0 Å². The first-order chi connectivity index (χ1) is 9.74. The van der Waals surface area contributed by atoms with Gasteiger partial charge in [-0.1, -0.05) is 5.92 Å². The molecule has 3 rings (SSSR count). The van der Waals surface area contributed by atoms with E-state index < -0.39 is 0 Å². The number of terminal acetylenes is 1. The third-order valence-corrected chi connectivity index (χ3v) is 4.54. The lowest BCUT2D eigenvalue weighted by molar-refractivity contribution is 1.03. The summed E-state index contributed by atoms with van der Waals surface area (Å²) in [6, 6.07) is 6.21. The number of fused-ring (bicyclic) bond motifs is 3. The number of nitrogens with zero attached hydrogens (tertiary/aromatic N) is 2. The van der Waals surface area contributed by atoms with Crippen LogP contribution >= 0.6 is 11.8 Å². The highest BCUT2D eigenvalue weighted by molar-refractivity contribution is 7.99. The molecule has 1 aliphatic heterocycles. The van der Waals surface area contributed by atoms with E-state index in [0.29, 0.717) is 5.56 Å². The van der Waals surface area contributed by atoms with Crippen molar-refractivity contribution in [3.63, 3.8) is 0 Å². The van der Waals surface area contributed by atoms with Gasteiger partial charge in [0, 0.05) is 22.2 Å². The maximum atomic E-state index is 9.33. The van der Waals surface area contributed by atoms with E-state index in [1.165, 1.54) is 10.5 Å². The molecule has 4 heteroatoms. The summed E-state index contributed by atoms with van der Waals surface area (Å²) in [5.41, 5.74) is 3.56. The molecular weight excluding hydrogens is 266 g/mol. The number of aromatic nitrogens is 1. The largest absolute Gasteiger partial charge is 0.370 e. The predicted octanol–water partition coefficient (Wildman–Crippen LogP) is 3.19. The summed E-state index contributed by atoms with van der Waals surface area (Å²) < 4.78 is 0. The highest BCUT2D eigenvalue weighted by Crippen LogP contribution is 2.39. The number of nitriles is 1. The van der Waals surface area contributed by atoms with E-state index in [2.05, 4.69) is 28.4 Å². The Bertz CT molecular complexity index is 768. The number of hydrogen-bond acceptors (Lipinski definition) is 4. The fourth-order valence-electron chi connectivity index (χ4n) is 2.48. The molecule has 0 amide bonds. The quantitative estimate of drug-likeness (QED) is 0.858. The minimum absolute atomic E-state index is 0.127. The topological polar surface area (TPSA) is 48.7 Å². The lowest BCUT2D eigenvalue weighted by atomic mass is 10.0. The minimum atomic E-state index is -0.127. The van der Waals surface area contributed by atoms with E-state index in [4.69, 9.17) is 6.42 Å². The van der Waals surface area contributed by atoms with Crippen LogP contribution in [0.1, 0.15) is 18.1 Å². The maximum absolute atomic E-state index is 9.33. The van der Waals surface area contributed by atoms with Crippen molar-refractivity contribution in [1.82, 2.24) is 4.98 Å². The van der Waals surface area contributed by atoms with E-state index in [-0.39, 0.29) is 6.04 Å². The number of thioether (sulfide) groups is 1. The van der Waals surface area contributed by atoms with Crippen molar-refractivity contribution >= 4 is 28.4 Å². The van der Waals surface area contributed by atoms with Crippen LogP contribution in [0.15, 0.2) is 23.2 Å². The van der Waals surface area contributed by atoms with Gasteiger partial charge in [-0.3, -0.25) is 4.98 Å². The Labute approximate surface area is 122 Å². The Balaban J connectivity index is 2.31. The molecule has 0 bridgehead atoms. The first kappa shape index (κ1) is 12.8. The highest BCUT2D eigenvalue weighted by atomic mass is 32.2. The summed E-state index contributed by atoms with van der Waals surface area (Å²) in [7, 11) is 0. The van der Waals surface area contributed by atoms with Crippen molar-refractivity contribution in [3.8, 4) is 18.4 Å². The smallest absolute Gasteiger partial charge is 0.103 e. The molecule has 2 heterocycles. The van der Waals surface area contributed by atoms with E-state index in [1.54, 1.807) is 6.20 Å².